The zero-order valence-electron chi connectivity index (χ0n) is 41.0. The molecule has 0 aliphatic carbocycles. The molecule has 7 rings (SSSR count). The van der Waals surface area contributed by atoms with E-state index in [2.05, 4.69) is 69.8 Å². The molecule has 66 heavy (non-hydrogen) atoms. The summed E-state index contributed by atoms with van der Waals surface area (Å²) in [7, 11) is -3.77. The lowest BCUT2D eigenvalue weighted by Crippen LogP contribution is -2.49. The van der Waals surface area contributed by atoms with Gasteiger partial charge in [-0.05, 0) is 110 Å². The SMILES string of the molecule is Cc1ccc(S(=O)(=O)OC[C@H]2CCN(c3c(C)cccc3CN3CCN(C(=O)OC(C)(C)C)CC3)C2)cc1.Cc1cccc(CN2CCN(C(=O)OC(C)(C)C)CC2)c1N1CC[C@H](CF)C1. The number of hydrogen-bond acceptors (Lipinski definition) is 11. The van der Waals surface area contributed by atoms with E-state index in [1.807, 2.05) is 48.5 Å². The highest BCUT2D eigenvalue weighted by Crippen LogP contribution is 2.34. The summed E-state index contributed by atoms with van der Waals surface area (Å²) in [5.74, 6) is 0.296. The first-order valence-corrected chi connectivity index (χ1v) is 25.2. The highest BCUT2D eigenvalue weighted by Gasteiger charge is 2.31. The zero-order chi connectivity index (χ0) is 47.8. The van der Waals surface area contributed by atoms with E-state index in [0.29, 0.717) is 26.2 Å². The first kappa shape index (κ1) is 51.0. The number of anilines is 2. The Morgan fingerprint density at radius 3 is 1.44 bits per heavy atom. The fraction of sp³-hybridized carbons (Fsp3) is 0.608. The second kappa shape index (κ2) is 22.1. The highest BCUT2D eigenvalue weighted by molar-refractivity contribution is 7.86. The fourth-order valence-electron chi connectivity index (χ4n) is 9.20. The van der Waals surface area contributed by atoms with E-state index in [1.165, 1.54) is 33.6 Å². The van der Waals surface area contributed by atoms with Crippen molar-refractivity contribution in [3.63, 3.8) is 0 Å². The summed E-state index contributed by atoms with van der Waals surface area (Å²) >= 11 is 0. The summed E-state index contributed by atoms with van der Waals surface area (Å²) in [5, 5.41) is 0. The summed E-state index contributed by atoms with van der Waals surface area (Å²) in [6.45, 7) is 28.4. The molecule has 0 saturated carbocycles. The smallest absolute Gasteiger partial charge is 0.410 e. The molecular weight excluding hydrogens is 860 g/mol. The summed E-state index contributed by atoms with van der Waals surface area (Å²) in [6.07, 6.45) is 1.34. The summed E-state index contributed by atoms with van der Waals surface area (Å²) < 4.78 is 54.8. The van der Waals surface area contributed by atoms with Crippen LogP contribution in [0.1, 0.15) is 82.2 Å². The molecule has 0 aromatic heterocycles. The molecule has 4 fully saturated rings. The number of carbonyl (C=O) groups excluding carboxylic acids is 2. The molecule has 0 spiro atoms. The molecule has 4 heterocycles. The van der Waals surface area contributed by atoms with E-state index in [1.54, 1.807) is 34.1 Å². The third kappa shape index (κ3) is 14.3. The number of rotatable bonds is 11. The Labute approximate surface area is 394 Å². The standard InChI is InChI=1S/C29H41N3O5S.C22H34FN3O2/c1-22-9-11-26(12-10-22)38(34,35)36-21-24-13-14-32(19-24)27-23(2)7-6-8-25(27)20-30-15-17-31(18-16-30)28(33)37-29(3,4)5;1-17-6-5-7-19(20(17)26-9-8-18(14-23)15-26)16-24-10-12-25(13-11-24)21(27)28-22(2,3)4/h6-12,24H,13-21H2,1-5H3;5-7,18H,8-16H2,1-4H3/t24-;18-/m01/s1. The van der Waals surface area contributed by atoms with Crippen molar-refractivity contribution in [3.8, 4) is 0 Å². The number of carbonyl (C=O) groups is 2. The molecule has 4 saturated heterocycles. The molecule has 0 unspecified atom stereocenters. The van der Waals surface area contributed by atoms with Gasteiger partial charge in [0.15, 0.2) is 0 Å². The van der Waals surface area contributed by atoms with Gasteiger partial charge >= 0.3 is 12.2 Å². The minimum Gasteiger partial charge on any atom is -0.444 e. The number of nitrogens with zero attached hydrogens (tertiary/aromatic N) is 6. The van der Waals surface area contributed by atoms with E-state index >= 15 is 0 Å². The number of alkyl halides is 1. The maximum Gasteiger partial charge on any atom is 0.410 e. The summed E-state index contributed by atoms with van der Waals surface area (Å²) in [5.41, 5.74) is 7.57. The van der Waals surface area contributed by atoms with Gasteiger partial charge in [-0.25, -0.2) is 9.59 Å². The normalized spacial score (nSPS) is 20.0. The van der Waals surface area contributed by atoms with Gasteiger partial charge in [-0.3, -0.25) is 18.4 Å². The average Bonchev–Trinajstić information content (AvgIpc) is 3.93. The summed E-state index contributed by atoms with van der Waals surface area (Å²) in [6, 6.07) is 19.6. The number of amides is 2. The van der Waals surface area contributed by atoms with Crippen LogP contribution >= 0.6 is 0 Å². The molecule has 0 N–H and O–H groups in total. The Balaban J connectivity index is 0.000000229. The Bertz CT molecular complexity index is 2200. The van der Waals surface area contributed by atoms with Crippen LogP contribution in [-0.2, 0) is 36.9 Å². The maximum atomic E-state index is 13.1. The van der Waals surface area contributed by atoms with Gasteiger partial charge in [0.05, 0.1) is 18.2 Å². The fourth-order valence-corrected chi connectivity index (χ4v) is 10.2. The van der Waals surface area contributed by atoms with E-state index in [-0.39, 0.29) is 42.2 Å². The van der Waals surface area contributed by atoms with E-state index < -0.39 is 21.3 Å². The molecular formula is C51H75FN6O7S. The zero-order valence-corrected chi connectivity index (χ0v) is 41.8. The molecule has 2 atom stereocenters. The Hall–Kier alpha value is -4.44. The van der Waals surface area contributed by atoms with Crippen molar-refractivity contribution >= 4 is 33.7 Å². The monoisotopic (exact) mass is 935 g/mol. The number of halogens is 1. The quantitative estimate of drug-likeness (QED) is 0.173. The van der Waals surface area contributed by atoms with Crippen molar-refractivity contribution in [3.05, 3.63) is 88.5 Å². The van der Waals surface area contributed by atoms with Gasteiger partial charge < -0.3 is 29.1 Å². The minimum absolute atomic E-state index is 0.139. The van der Waals surface area contributed by atoms with Crippen molar-refractivity contribution in [1.29, 1.82) is 0 Å². The van der Waals surface area contributed by atoms with Crippen LogP contribution in [0.15, 0.2) is 65.6 Å². The van der Waals surface area contributed by atoms with Crippen LogP contribution in [0, 0.1) is 32.6 Å². The number of benzene rings is 3. The second-order valence-electron chi connectivity index (χ2n) is 20.6. The van der Waals surface area contributed by atoms with Crippen molar-refractivity contribution in [2.45, 2.75) is 104 Å². The van der Waals surface area contributed by atoms with Crippen molar-refractivity contribution in [2.24, 2.45) is 11.8 Å². The lowest BCUT2D eigenvalue weighted by molar-refractivity contribution is 0.0129. The Morgan fingerprint density at radius 2 is 1.03 bits per heavy atom. The molecule has 2 amide bonds. The van der Waals surface area contributed by atoms with Gasteiger partial charge in [0.2, 0.25) is 0 Å². The van der Waals surface area contributed by atoms with E-state index in [4.69, 9.17) is 13.7 Å². The third-order valence-electron chi connectivity index (χ3n) is 12.7. The number of piperazine rings is 2. The third-order valence-corrected chi connectivity index (χ3v) is 14.0. The lowest BCUT2D eigenvalue weighted by Gasteiger charge is -2.36. The number of hydrogen-bond donors (Lipinski definition) is 0. The molecule has 13 nitrogen and oxygen atoms in total. The predicted molar refractivity (Wildman–Crippen MR) is 259 cm³/mol. The van der Waals surface area contributed by atoms with Gasteiger partial charge in [0.25, 0.3) is 10.1 Å². The minimum atomic E-state index is -3.77. The maximum absolute atomic E-state index is 13.1. The van der Waals surface area contributed by atoms with Gasteiger partial charge in [0.1, 0.15) is 11.2 Å². The van der Waals surface area contributed by atoms with Crippen molar-refractivity contribution in [1.82, 2.24) is 19.6 Å². The van der Waals surface area contributed by atoms with Crippen molar-refractivity contribution in [2.75, 3.05) is 102 Å². The molecule has 4 aliphatic rings. The molecule has 0 radical (unpaired) electrons. The number of para-hydroxylation sites is 2. The molecule has 15 heteroatoms. The van der Waals surface area contributed by atoms with Gasteiger partial charge in [0, 0.05) is 115 Å². The van der Waals surface area contributed by atoms with Crippen LogP contribution in [0.3, 0.4) is 0 Å². The average molecular weight is 935 g/mol. The van der Waals surface area contributed by atoms with E-state index in [9.17, 15) is 22.4 Å². The van der Waals surface area contributed by atoms with Crippen LogP contribution < -0.4 is 9.80 Å². The number of aryl methyl sites for hydroxylation is 3. The van der Waals surface area contributed by atoms with Crippen molar-refractivity contribution < 1.29 is 36.1 Å². The first-order valence-electron chi connectivity index (χ1n) is 23.8. The lowest BCUT2D eigenvalue weighted by atomic mass is 10.1. The van der Waals surface area contributed by atoms with Gasteiger partial charge in [-0.2, -0.15) is 8.42 Å². The van der Waals surface area contributed by atoms with Gasteiger partial charge in [-0.1, -0.05) is 54.1 Å². The Kier molecular flexibility index (Phi) is 17.1. The largest absolute Gasteiger partial charge is 0.444 e. The highest BCUT2D eigenvalue weighted by atomic mass is 32.2. The Morgan fingerprint density at radius 1 is 0.606 bits per heavy atom. The van der Waals surface area contributed by atoms with Crippen LogP contribution in [0.5, 0.6) is 0 Å². The van der Waals surface area contributed by atoms with E-state index in [0.717, 1.165) is 83.9 Å². The molecule has 3 aromatic rings. The molecule has 4 aliphatic heterocycles. The van der Waals surface area contributed by atoms with Crippen LogP contribution in [0.2, 0.25) is 0 Å². The summed E-state index contributed by atoms with van der Waals surface area (Å²) in [4.78, 5) is 38.0. The van der Waals surface area contributed by atoms with Crippen LogP contribution in [0.4, 0.5) is 25.4 Å². The predicted octanol–water partition coefficient (Wildman–Crippen LogP) is 8.43. The van der Waals surface area contributed by atoms with Gasteiger partial charge in [-0.15, -0.1) is 0 Å². The molecule has 0 bridgehead atoms. The second-order valence-corrected chi connectivity index (χ2v) is 22.2. The van der Waals surface area contributed by atoms with Crippen LogP contribution in [-0.4, -0.2) is 143 Å². The first-order chi connectivity index (χ1) is 31.2. The molecule has 364 valence electrons. The number of ether oxygens (including phenoxy) is 2. The topological polar surface area (TPSA) is 115 Å². The molecule has 3 aromatic carbocycles. The van der Waals surface area contributed by atoms with Crippen LogP contribution in [0.25, 0.3) is 0 Å².